The maximum absolute atomic E-state index is 12.7. The first-order valence-corrected chi connectivity index (χ1v) is 8.40. The van der Waals surface area contributed by atoms with Gasteiger partial charge in [-0.15, -0.1) is 0 Å². The predicted octanol–water partition coefficient (Wildman–Crippen LogP) is 2.66. The van der Waals surface area contributed by atoms with Gasteiger partial charge in [0.25, 0.3) is 5.91 Å². The number of amides is 1. The van der Waals surface area contributed by atoms with Gasteiger partial charge in [-0.25, -0.2) is 9.97 Å². The number of likely N-dealkylation sites (tertiary alicyclic amines) is 1. The molecule has 1 unspecified atom stereocenters. The Morgan fingerprint density at radius 3 is 3.00 bits per heavy atom. The third kappa shape index (κ3) is 4.07. The van der Waals surface area contributed by atoms with Gasteiger partial charge in [0, 0.05) is 25.4 Å². The monoisotopic (exact) mass is 325 g/mol. The zero-order chi connectivity index (χ0) is 16.9. The Balaban J connectivity index is 1.72. The molecule has 6 nitrogen and oxygen atoms in total. The Hall–Kier alpha value is -2.50. The van der Waals surface area contributed by atoms with Gasteiger partial charge in [-0.05, 0) is 37.8 Å². The topological polar surface area (TPSA) is 71.0 Å². The number of nitrogens with one attached hydrogen (secondary N) is 1. The van der Waals surface area contributed by atoms with Gasteiger partial charge in [-0.1, -0.05) is 13.0 Å². The fourth-order valence-corrected chi connectivity index (χ4v) is 2.99. The molecule has 1 fully saturated rings. The van der Waals surface area contributed by atoms with Crippen LogP contribution in [0.4, 0.5) is 5.82 Å². The standard InChI is InChI=1S/C18H23N5O/c1-13-6-5-9-23(12-13)18(24)16-10-17(22-14(2)21-16)20-11-15-7-3-4-8-19-15/h3-4,7-8,10,13H,5-6,9,11-12H2,1-2H3,(H,20,21,22). The predicted molar refractivity (Wildman–Crippen MR) is 92.6 cm³/mol. The smallest absolute Gasteiger partial charge is 0.272 e. The average Bonchev–Trinajstić information content (AvgIpc) is 2.60. The molecular formula is C18H23N5O. The number of piperidine rings is 1. The molecule has 6 heteroatoms. The molecule has 0 saturated carbocycles. The van der Waals surface area contributed by atoms with Crippen LogP contribution in [0.1, 0.15) is 41.8 Å². The van der Waals surface area contributed by atoms with E-state index < -0.39 is 0 Å². The summed E-state index contributed by atoms with van der Waals surface area (Å²) in [6, 6.07) is 7.51. The van der Waals surface area contributed by atoms with Crippen LogP contribution >= 0.6 is 0 Å². The van der Waals surface area contributed by atoms with E-state index in [1.165, 1.54) is 6.42 Å². The Labute approximate surface area is 142 Å². The maximum atomic E-state index is 12.7. The molecule has 1 N–H and O–H groups in total. The molecule has 1 saturated heterocycles. The summed E-state index contributed by atoms with van der Waals surface area (Å²) in [5, 5.41) is 3.22. The lowest BCUT2D eigenvalue weighted by molar-refractivity contribution is 0.0676. The van der Waals surface area contributed by atoms with Crippen LogP contribution in [0.25, 0.3) is 0 Å². The van der Waals surface area contributed by atoms with Gasteiger partial charge in [-0.2, -0.15) is 0 Å². The van der Waals surface area contributed by atoms with Crippen molar-refractivity contribution in [3.05, 3.63) is 47.7 Å². The number of aryl methyl sites for hydroxylation is 1. The lowest BCUT2D eigenvalue weighted by atomic mass is 10.00. The number of aromatic nitrogens is 3. The summed E-state index contributed by atoms with van der Waals surface area (Å²) in [4.78, 5) is 27.6. The van der Waals surface area contributed by atoms with Crippen molar-refractivity contribution in [2.45, 2.75) is 33.2 Å². The second-order valence-electron chi connectivity index (χ2n) is 6.36. The Bertz CT molecular complexity index is 704. The van der Waals surface area contributed by atoms with Crippen molar-refractivity contribution < 1.29 is 4.79 Å². The molecule has 24 heavy (non-hydrogen) atoms. The number of hydrogen-bond acceptors (Lipinski definition) is 5. The summed E-state index contributed by atoms with van der Waals surface area (Å²) in [5.74, 6) is 1.79. The van der Waals surface area contributed by atoms with Crippen LogP contribution in [0.5, 0.6) is 0 Å². The van der Waals surface area contributed by atoms with Gasteiger partial charge in [0.05, 0.1) is 12.2 Å². The lowest BCUT2D eigenvalue weighted by Crippen LogP contribution is -2.39. The van der Waals surface area contributed by atoms with E-state index in [9.17, 15) is 4.79 Å². The second kappa shape index (κ2) is 7.38. The van der Waals surface area contributed by atoms with Crippen molar-refractivity contribution in [2.24, 2.45) is 5.92 Å². The second-order valence-corrected chi connectivity index (χ2v) is 6.36. The van der Waals surface area contributed by atoms with Gasteiger partial charge in [0.15, 0.2) is 0 Å². The average molecular weight is 325 g/mol. The molecule has 3 rings (SSSR count). The minimum Gasteiger partial charge on any atom is -0.364 e. The van der Waals surface area contributed by atoms with E-state index in [0.29, 0.717) is 29.8 Å². The third-order valence-electron chi connectivity index (χ3n) is 4.18. The SMILES string of the molecule is Cc1nc(NCc2ccccn2)cc(C(=O)N2CCCC(C)C2)n1. The van der Waals surface area contributed by atoms with Crippen LogP contribution in [0, 0.1) is 12.8 Å². The first-order valence-electron chi connectivity index (χ1n) is 8.40. The van der Waals surface area contributed by atoms with E-state index in [1.54, 1.807) is 12.3 Å². The van der Waals surface area contributed by atoms with Crippen LogP contribution in [-0.4, -0.2) is 38.8 Å². The minimum atomic E-state index is -0.00654. The molecule has 1 aliphatic heterocycles. The van der Waals surface area contributed by atoms with Crippen LogP contribution < -0.4 is 5.32 Å². The molecule has 2 aromatic rings. The van der Waals surface area contributed by atoms with Gasteiger partial charge in [0.1, 0.15) is 17.3 Å². The molecule has 2 aromatic heterocycles. The fourth-order valence-electron chi connectivity index (χ4n) is 2.99. The van der Waals surface area contributed by atoms with Gasteiger partial charge < -0.3 is 10.2 Å². The van der Waals surface area contributed by atoms with Crippen LogP contribution in [-0.2, 0) is 6.54 Å². The van der Waals surface area contributed by atoms with E-state index in [-0.39, 0.29) is 5.91 Å². The van der Waals surface area contributed by atoms with E-state index in [0.717, 1.165) is 25.2 Å². The molecule has 1 amide bonds. The van der Waals surface area contributed by atoms with Crippen LogP contribution in [0.2, 0.25) is 0 Å². The molecule has 0 bridgehead atoms. The van der Waals surface area contributed by atoms with Gasteiger partial charge >= 0.3 is 0 Å². The number of hydrogen-bond donors (Lipinski definition) is 1. The normalized spacial score (nSPS) is 17.6. The summed E-state index contributed by atoms with van der Waals surface area (Å²) in [7, 11) is 0. The summed E-state index contributed by atoms with van der Waals surface area (Å²) in [6.45, 7) is 6.17. The Morgan fingerprint density at radius 2 is 2.25 bits per heavy atom. The first kappa shape index (κ1) is 16.4. The minimum absolute atomic E-state index is 0.00654. The molecule has 3 heterocycles. The van der Waals surface area contributed by atoms with E-state index in [4.69, 9.17) is 0 Å². The lowest BCUT2D eigenvalue weighted by Gasteiger charge is -2.30. The number of nitrogens with zero attached hydrogens (tertiary/aromatic N) is 4. The Morgan fingerprint density at radius 1 is 1.38 bits per heavy atom. The molecule has 0 aliphatic carbocycles. The summed E-state index contributed by atoms with van der Waals surface area (Å²) in [6.07, 6.45) is 4.00. The van der Waals surface area contributed by atoms with Crippen molar-refractivity contribution in [2.75, 3.05) is 18.4 Å². The quantitative estimate of drug-likeness (QED) is 0.936. The zero-order valence-corrected chi connectivity index (χ0v) is 14.2. The molecule has 0 spiro atoms. The van der Waals surface area contributed by atoms with E-state index in [1.807, 2.05) is 30.0 Å². The summed E-state index contributed by atoms with van der Waals surface area (Å²) >= 11 is 0. The molecule has 126 valence electrons. The van der Waals surface area contributed by atoms with E-state index >= 15 is 0 Å². The highest BCUT2D eigenvalue weighted by Crippen LogP contribution is 2.18. The van der Waals surface area contributed by atoms with Crippen molar-refractivity contribution >= 4 is 11.7 Å². The molecule has 1 atom stereocenters. The Kier molecular flexibility index (Phi) is 5.03. The van der Waals surface area contributed by atoms with Crippen molar-refractivity contribution in [1.82, 2.24) is 19.9 Å². The van der Waals surface area contributed by atoms with Crippen LogP contribution in [0.3, 0.4) is 0 Å². The molecule has 1 aliphatic rings. The highest BCUT2D eigenvalue weighted by Gasteiger charge is 2.23. The largest absolute Gasteiger partial charge is 0.364 e. The van der Waals surface area contributed by atoms with Gasteiger partial charge in [0.2, 0.25) is 0 Å². The summed E-state index contributed by atoms with van der Waals surface area (Å²) in [5.41, 5.74) is 1.38. The van der Waals surface area contributed by atoms with E-state index in [2.05, 4.69) is 27.2 Å². The van der Waals surface area contributed by atoms with Crippen molar-refractivity contribution in [3.8, 4) is 0 Å². The number of rotatable bonds is 4. The highest BCUT2D eigenvalue weighted by molar-refractivity contribution is 5.93. The molecule has 0 radical (unpaired) electrons. The molecular weight excluding hydrogens is 302 g/mol. The first-order chi connectivity index (χ1) is 11.6. The number of carbonyl (C=O) groups is 1. The fraction of sp³-hybridized carbons (Fsp3) is 0.444. The van der Waals surface area contributed by atoms with Gasteiger partial charge in [-0.3, -0.25) is 9.78 Å². The van der Waals surface area contributed by atoms with Crippen molar-refractivity contribution in [1.29, 1.82) is 0 Å². The third-order valence-corrected chi connectivity index (χ3v) is 4.18. The maximum Gasteiger partial charge on any atom is 0.272 e. The summed E-state index contributed by atoms with van der Waals surface area (Å²) < 4.78 is 0. The zero-order valence-electron chi connectivity index (χ0n) is 14.2. The number of anilines is 1. The molecule has 0 aromatic carbocycles. The van der Waals surface area contributed by atoms with Crippen molar-refractivity contribution in [3.63, 3.8) is 0 Å². The highest BCUT2D eigenvalue weighted by atomic mass is 16.2. The number of carbonyl (C=O) groups excluding carboxylic acids is 1. The van der Waals surface area contributed by atoms with Crippen LogP contribution in [0.15, 0.2) is 30.5 Å². The number of pyridine rings is 1.